The van der Waals surface area contributed by atoms with Crippen LogP contribution in [0.15, 0.2) is 54.6 Å². The lowest BCUT2D eigenvalue weighted by Gasteiger charge is -2.31. The largest absolute Gasteiger partial charge is 0.334 e. The number of hydrogen-bond acceptors (Lipinski definition) is 5. The van der Waals surface area contributed by atoms with E-state index in [1.54, 1.807) is 0 Å². The zero-order valence-electron chi connectivity index (χ0n) is 16.8. The molecule has 31 heavy (non-hydrogen) atoms. The number of halogens is 1. The van der Waals surface area contributed by atoms with E-state index in [4.69, 9.17) is 0 Å². The van der Waals surface area contributed by atoms with Crippen LogP contribution in [0.4, 0.5) is 14.9 Å². The van der Waals surface area contributed by atoms with Gasteiger partial charge in [0.15, 0.2) is 0 Å². The highest BCUT2D eigenvalue weighted by atomic mass is 32.1. The number of amides is 3. The fourth-order valence-electron chi connectivity index (χ4n) is 3.42. The van der Waals surface area contributed by atoms with Gasteiger partial charge < -0.3 is 15.5 Å². The number of nitrogens with zero attached hydrogens (tertiary/aromatic N) is 3. The Labute approximate surface area is 183 Å². The van der Waals surface area contributed by atoms with Gasteiger partial charge in [0.1, 0.15) is 10.8 Å². The summed E-state index contributed by atoms with van der Waals surface area (Å²) < 4.78 is 13.0. The quantitative estimate of drug-likeness (QED) is 0.629. The average Bonchev–Trinajstić information content (AvgIpc) is 3.30. The summed E-state index contributed by atoms with van der Waals surface area (Å²) in [5.41, 5.74) is 1.56. The molecule has 0 atom stereocenters. The molecule has 0 bridgehead atoms. The summed E-state index contributed by atoms with van der Waals surface area (Å²) in [5, 5.41) is 14.9. The van der Waals surface area contributed by atoms with E-state index in [1.165, 1.54) is 35.6 Å². The van der Waals surface area contributed by atoms with Crippen molar-refractivity contribution in [3.63, 3.8) is 0 Å². The minimum Gasteiger partial charge on any atom is -0.334 e. The molecule has 2 aromatic carbocycles. The number of hydrogen-bond donors (Lipinski definition) is 2. The van der Waals surface area contributed by atoms with Gasteiger partial charge in [-0.05, 0) is 42.7 Å². The first kappa shape index (κ1) is 20.9. The van der Waals surface area contributed by atoms with Crippen molar-refractivity contribution >= 4 is 29.0 Å². The number of aromatic nitrogens is 2. The first-order chi connectivity index (χ1) is 15.1. The molecule has 0 saturated carbocycles. The smallest absolute Gasteiger partial charge is 0.317 e. The molecule has 1 aliphatic heterocycles. The Balaban J connectivity index is 1.27. The molecule has 2 N–H and O–H groups in total. The van der Waals surface area contributed by atoms with Crippen molar-refractivity contribution in [1.29, 1.82) is 0 Å². The van der Waals surface area contributed by atoms with Gasteiger partial charge in [0, 0.05) is 31.2 Å². The monoisotopic (exact) mass is 439 g/mol. The van der Waals surface area contributed by atoms with Gasteiger partial charge in [-0.2, -0.15) is 0 Å². The molecule has 7 nitrogen and oxygen atoms in total. The Hall–Kier alpha value is -3.33. The Morgan fingerprint density at radius 1 is 1.03 bits per heavy atom. The minimum absolute atomic E-state index is 0.0704. The lowest BCUT2D eigenvalue weighted by molar-refractivity contribution is 0.102. The topological polar surface area (TPSA) is 87.2 Å². The van der Waals surface area contributed by atoms with Crippen molar-refractivity contribution in [3.8, 4) is 0 Å². The molecule has 9 heteroatoms. The summed E-state index contributed by atoms with van der Waals surface area (Å²) in [6.07, 6.45) is 1.54. The van der Waals surface area contributed by atoms with Gasteiger partial charge in [-0.25, -0.2) is 9.18 Å². The standard InChI is InChI=1S/C22H22FN5O2S/c23-17-6-8-18(9-7-17)25-19(29)21-27-26-20(31-21)16-10-12-28(13-11-16)22(30)24-14-15-4-2-1-3-5-15/h1-9,16H,10-14H2,(H,24,30)(H,25,29). The molecule has 3 aromatic rings. The lowest BCUT2D eigenvalue weighted by atomic mass is 9.98. The molecule has 1 fully saturated rings. The second-order valence-corrected chi connectivity index (χ2v) is 8.32. The fourth-order valence-corrected chi connectivity index (χ4v) is 4.33. The molecule has 0 aliphatic carbocycles. The van der Waals surface area contributed by atoms with Crippen LogP contribution in [0.5, 0.6) is 0 Å². The normalized spacial score (nSPS) is 14.3. The third kappa shape index (κ3) is 5.43. The van der Waals surface area contributed by atoms with Crippen molar-refractivity contribution in [2.75, 3.05) is 18.4 Å². The molecule has 2 heterocycles. The van der Waals surface area contributed by atoms with Gasteiger partial charge in [0.25, 0.3) is 5.91 Å². The Bertz CT molecular complexity index is 1030. The second kappa shape index (κ2) is 9.65. The van der Waals surface area contributed by atoms with Crippen LogP contribution in [-0.4, -0.2) is 40.1 Å². The highest BCUT2D eigenvalue weighted by Gasteiger charge is 2.27. The SMILES string of the molecule is O=C(Nc1ccc(F)cc1)c1nnc(C2CCN(C(=O)NCc3ccccc3)CC2)s1. The Morgan fingerprint density at radius 3 is 2.45 bits per heavy atom. The Kier molecular flexibility index (Phi) is 6.51. The summed E-state index contributed by atoms with van der Waals surface area (Å²) in [5.74, 6) is -0.563. The number of piperidine rings is 1. The zero-order valence-corrected chi connectivity index (χ0v) is 17.6. The van der Waals surface area contributed by atoms with Gasteiger partial charge in [0.2, 0.25) is 5.01 Å². The first-order valence-corrected chi connectivity index (χ1v) is 10.9. The van der Waals surface area contributed by atoms with Gasteiger partial charge in [-0.3, -0.25) is 4.79 Å². The average molecular weight is 440 g/mol. The van der Waals surface area contributed by atoms with Crippen LogP contribution in [0.2, 0.25) is 0 Å². The first-order valence-electron chi connectivity index (χ1n) is 10.1. The van der Waals surface area contributed by atoms with Crippen LogP contribution in [0.1, 0.15) is 39.1 Å². The number of benzene rings is 2. The fraction of sp³-hybridized carbons (Fsp3) is 0.273. The molecule has 0 spiro atoms. The van der Waals surface area contributed by atoms with Gasteiger partial charge in [-0.15, -0.1) is 10.2 Å². The van der Waals surface area contributed by atoms with Crippen LogP contribution < -0.4 is 10.6 Å². The van der Waals surface area contributed by atoms with Crippen molar-refractivity contribution in [3.05, 3.63) is 76.0 Å². The van der Waals surface area contributed by atoms with Gasteiger partial charge in [0.05, 0.1) is 0 Å². The Morgan fingerprint density at radius 2 is 1.74 bits per heavy atom. The number of carbonyl (C=O) groups excluding carboxylic acids is 2. The molecule has 0 radical (unpaired) electrons. The van der Waals surface area contributed by atoms with E-state index >= 15 is 0 Å². The molecular weight excluding hydrogens is 417 g/mol. The number of nitrogens with one attached hydrogen (secondary N) is 2. The highest BCUT2D eigenvalue weighted by molar-refractivity contribution is 7.13. The number of carbonyl (C=O) groups is 2. The van der Waals surface area contributed by atoms with E-state index in [2.05, 4.69) is 20.8 Å². The molecule has 160 valence electrons. The third-order valence-corrected chi connectivity index (χ3v) is 6.24. The predicted octanol–water partition coefficient (Wildman–Crippen LogP) is 4.02. The summed E-state index contributed by atoms with van der Waals surface area (Å²) in [6.45, 7) is 1.76. The van der Waals surface area contributed by atoms with Crippen molar-refractivity contribution in [2.45, 2.75) is 25.3 Å². The van der Waals surface area contributed by atoms with E-state index in [0.717, 1.165) is 23.4 Å². The maximum Gasteiger partial charge on any atom is 0.317 e. The van der Waals surface area contributed by atoms with Crippen LogP contribution in [0.3, 0.4) is 0 Å². The van der Waals surface area contributed by atoms with Crippen LogP contribution in [-0.2, 0) is 6.54 Å². The van der Waals surface area contributed by atoms with Crippen LogP contribution >= 0.6 is 11.3 Å². The van der Waals surface area contributed by atoms with Crippen molar-refractivity contribution < 1.29 is 14.0 Å². The molecule has 1 saturated heterocycles. The van der Waals surface area contributed by atoms with Gasteiger partial charge in [-0.1, -0.05) is 41.7 Å². The molecule has 3 amide bonds. The second-order valence-electron chi connectivity index (χ2n) is 7.31. The lowest BCUT2D eigenvalue weighted by Crippen LogP contribution is -2.43. The molecule has 1 aliphatic rings. The molecular formula is C22H22FN5O2S. The van der Waals surface area contributed by atoms with E-state index in [0.29, 0.717) is 25.3 Å². The maximum atomic E-state index is 13.0. The van der Waals surface area contributed by atoms with E-state index in [-0.39, 0.29) is 28.7 Å². The summed E-state index contributed by atoms with van der Waals surface area (Å²) >= 11 is 1.26. The van der Waals surface area contributed by atoms with E-state index in [9.17, 15) is 14.0 Å². The predicted molar refractivity (Wildman–Crippen MR) is 116 cm³/mol. The van der Waals surface area contributed by atoms with Gasteiger partial charge >= 0.3 is 6.03 Å². The van der Waals surface area contributed by atoms with Crippen LogP contribution in [0.25, 0.3) is 0 Å². The van der Waals surface area contributed by atoms with Crippen molar-refractivity contribution in [1.82, 2.24) is 20.4 Å². The summed E-state index contributed by atoms with van der Waals surface area (Å²) in [7, 11) is 0. The van der Waals surface area contributed by atoms with E-state index < -0.39 is 0 Å². The summed E-state index contributed by atoms with van der Waals surface area (Å²) in [6, 6.07) is 15.3. The summed E-state index contributed by atoms with van der Waals surface area (Å²) in [4.78, 5) is 26.6. The van der Waals surface area contributed by atoms with E-state index in [1.807, 2.05) is 35.2 Å². The number of rotatable bonds is 5. The molecule has 4 rings (SSSR count). The number of likely N-dealkylation sites (tertiary alicyclic amines) is 1. The highest BCUT2D eigenvalue weighted by Crippen LogP contribution is 2.30. The number of anilines is 1. The zero-order chi connectivity index (χ0) is 21.6. The molecule has 1 aromatic heterocycles. The maximum absolute atomic E-state index is 13.0. The van der Waals surface area contributed by atoms with Crippen molar-refractivity contribution in [2.24, 2.45) is 0 Å². The minimum atomic E-state index is -0.368. The third-order valence-electron chi connectivity index (χ3n) is 5.15. The number of urea groups is 1. The van der Waals surface area contributed by atoms with Crippen LogP contribution in [0, 0.1) is 5.82 Å². The molecule has 0 unspecified atom stereocenters.